The molecule has 24 heavy (non-hydrogen) atoms. The fourth-order valence-electron chi connectivity index (χ4n) is 3.06. The molecule has 0 spiro atoms. The fourth-order valence-corrected chi connectivity index (χ4v) is 3.06. The molecule has 0 atom stereocenters. The number of esters is 1. The number of carbonyl (C=O) groups excluding carboxylic acids is 1. The molecule has 0 saturated carbocycles. The normalized spacial score (nSPS) is 17.3. The smallest absolute Gasteiger partial charge is 0.335 e. The quantitative estimate of drug-likeness (QED) is 0.613. The van der Waals surface area contributed by atoms with E-state index in [0.29, 0.717) is 30.7 Å². The molecular weight excluding hydrogens is 304 g/mol. The lowest BCUT2D eigenvalue weighted by molar-refractivity contribution is -0.138. The first-order valence-electron chi connectivity index (χ1n) is 8.97. The molecule has 6 nitrogen and oxygen atoms in total. The van der Waals surface area contributed by atoms with E-state index in [4.69, 9.17) is 4.74 Å². The molecule has 1 N–H and O–H groups in total. The van der Waals surface area contributed by atoms with E-state index in [2.05, 4.69) is 29.2 Å². The number of nitrogens with zero attached hydrogens (tertiary/aromatic N) is 3. The molecule has 0 radical (unpaired) electrons. The highest BCUT2D eigenvalue weighted by Gasteiger charge is 2.23. The topological polar surface area (TPSA) is 59.4 Å². The average molecular weight is 334 g/mol. The summed E-state index contributed by atoms with van der Waals surface area (Å²) in [5.41, 5.74) is 0.638. The first-order valence-corrected chi connectivity index (χ1v) is 8.97. The molecular formula is C18H30N4O2. The van der Waals surface area contributed by atoms with Crippen molar-refractivity contribution in [3.63, 3.8) is 0 Å². The second-order valence-electron chi connectivity index (χ2n) is 6.41. The Labute approximate surface area is 144 Å². The van der Waals surface area contributed by atoms with Gasteiger partial charge >= 0.3 is 5.97 Å². The van der Waals surface area contributed by atoms with E-state index in [1.54, 1.807) is 12.4 Å². The maximum atomic E-state index is 11.9. The van der Waals surface area contributed by atoms with Gasteiger partial charge in [-0.1, -0.05) is 6.92 Å². The van der Waals surface area contributed by atoms with E-state index in [9.17, 15) is 4.79 Å². The predicted octanol–water partition coefficient (Wildman–Crippen LogP) is 3.20. The van der Waals surface area contributed by atoms with Crippen LogP contribution in [0.2, 0.25) is 0 Å². The number of rotatable bonds is 7. The Morgan fingerprint density at radius 2 is 2.12 bits per heavy atom. The summed E-state index contributed by atoms with van der Waals surface area (Å²) in [6.45, 7) is 10.8. The maximum absolute atomic E-state index is 11.9. The number of ether oxygens (including phenoxy) is 1. The highest BCUT2D eigenvalue weighted by molar-refractivity contribution is 5.88. The number of hydrogen-bond donors (Lipinski definition) is 1. The summed E-state index contributed by atoms with van der Waals surface area (Å²) in [5.74, 6) is 0.664. The number of nitrogens with one attached hydrogen (secondary N) is 1. The van der Waals surface area contributed by atoms with E-state index < -0.39 is 0 Å². The van der Waals surface area contributed by atoms with Crippen molar-refractivity contribution in [1.82, 2.24) is 14.7 Å². The standard InChI is InChI=1S/C18H30N4O2/c1-5-15(18(23)24-6-2)13-19-17-7-10-20-22(17)16-8-11-21(12-9-16)14(3)4/h7,10,13-14,16,19H,5-6,8-9,11-12H2,1-4H3/b15-13-. The molecule has 1 aliphatic rings. The van der Waals surface area contributed by atoms with Gasteiger partial charge in [0.2, 0.25) is 0 Å². The largest absolute Gasteiger partial charge is 0.463 e. The average Bonchev–Trinajstić information content (AvgIpc) is 3.04. The Morgan fingerprint density at radius 3 is 2.71 bits per heavy atom. The van der Waals surface area contributed by atoms with Crippen molar-refractivity contribution in [2.24, 2.45) is 0 Å². The zero-order valence-corrected chi connectivity index (χ0v) is 15.3. The first-order chi connectivity index (χ1) is 11.6. The van der Waals surface area contributed by atoms with Crippen molar-refractivity contribution in [3.05, 3.63) is 24.0 Å². The van der Waals surface area contributed by atoms with Gasteiger partial charge in [0.05, 0.1) is 24.4 Å². The van der Waals surface area contributed by atoms with Crippen LogP contribution in [0.1, 0.15) is 53.0 Å². The zero-order chi connectivity index (χ0) is 17.5. The van der Waals surface area contributed by atoms with Gasteiger partial charge in [0.1, 0.15) is 5.82 Å². The summed E-state index contributed by atoms with van der Waals surface area (Å²) in [5, 5.41) is 7.72. The van der Waals surface area contributed by atoms with E-state index >= 15 is 0 Å². The number of likely N-dealkylation sites (tertiary alicyclic amines) is 1. The number of hydrogen-bond acceptors (Lipinski definition) is 5. The zero-order valence-electron chi connectivity index (χ0n) is 15.3. The monoisotopic (exact) mass is 334 g/mol. The number of piperidine rings is 1. The van der Waals surface area contributed by atoms with Crippen molar-refractivity contribution in [2.75, 3.05) is 25.0 Å². The van der Waals surface area contributed by atoms with Crippen LogP contribution in [0.5, 0.6) is 0 Å². The summed E-state index contributed by atoms with van der Waals surface area (Å²) >= 11 is 0. The van der Waals surface area contributed by atoms with Gasteiger partial charge in [-0.2, -0.15) is 5.10 Å². The van der Waals surface area contributed by atoms with Crippen LogP contribution < -0.4 is 5.32 Å². The molecule has 1 aromatic rings. The molecule has 1 fully saturated rings. The third kappa shape index (κ3) is 4.60. The molecule has 0 aliphatic carbocycles. The molecule has 0 unspecified atom stereocenters. The van der Waals surface area contributed by atoms with E-state index in [1.807, 2.05) is 24.6 Å². The van der Waals surface area contributed by atoms with Gasteiger partial charge in [0.25, 0.3) is 0 Å². The Morgan fingerprint density at radius 1 is 1.42 bits per heavy atom. The summed E-state index contributed by atoms with van der Waals surface area (Å²) in [7, 11) is 0. The van der Waals surface area contributed by atoms with Gasteiger partial charge < -0.3 is 15.0 Å². The van der Waals surface area contributed by atoms with Gasteiger partial charge in [0.15, 0.2) is 0 Å². The lowest BCUT2D eigenvalue weighted by atomic mass is 10.0. The van der Waals surface area contributed by atoms with Crippen molar-refractivity contribution < 1.29 is 9.53 Å². The maximum Gasteiger partial charge on any atom is 0.335 e. The Kier molecular flexibility index (Phi) is 6.85. The summed E-state index contributed by atoms with van der Waals surface area (Å²) in [6, 6.07) is 2.95. The van der Waals surface area contributed by atoms with Gasteiger partial charge in [0, 0.05) is 31.4 Å². The molecule has 1 saturated heterocycles. The van der Waals surface area contributed by atoms with Gasteiger partial charge in [-0.15, -0.1) is 0 Å². The predicted molar refractivity (Wildman–Crippen MR) is 95.8 cm³/mol. The SMILES string of the molecule is CCOC(=O)/C(=C\Nc1ccnn1C1CCN(C(C)C)CC1)CC. The summed E-state index contributed by atoms with van der Waals surface area (Å²) < 4.78 is 7.12. The molecule has 0 bridgehead atoms. The first kappa shape index (κ1) is 18.5. The van der Waals surface area contributed by atoms with Crippen LogP contribution in [0, 0.1) is 0 Å². The minimum atomic E-state index is -0.260. The minimum Gasteiger partial charge on any atom is -0.463 e. The molecule has 1 aromatic heterocycles. The minimum absolute atomic E-state index is 0.260. The second-order valence-corrected chi connectivity index (χ2v) is 6.41. The van der Waals surface area contributed by atoms with Crippen molar-refractivity contribution >= 4 is 11.8 Å². The van der Waals surface area contributed by atoms with Crippen LogP contribution in [0.15, 0.2) is 24.0 Å². The van der Waals surface area contributed by atoms with Crippen molar-refractivity contribution in [3.8, 4) is 0 Å². The molecule has 134 valence electrons. The summed E-state index contributed by atoms with van der Waals surface area (Å²) in [6.07, 6.45) is 6.37. The number of anilines is 1. The third-order valence-corrected chi connectivity index (χ3v) is 4.56. The van der Waals surface area contributed by atoms with Crippen molar-refractivity contribution in [1.29, 1.82) is 0 Å². The van der Waals surface area contributed by atoms with Crippen LogP contribution in [-0.2, 0) is 9.53 Å². The third-order valence-electron chi connectivity index (χ3n) is 4.56. The highest BCUT2D eigenvalue weighted by atomic mass is 16.5. The highest BCUT2D eigenvalue weighted by Crippen LogP contribution is 2.26. The van der Waals surface area contributed by atoms with Crippen molar-refractivity contribution in [2.45, 2.75) is 59.0 Å². The molecule has 2 heterocycles. The molecule has 2 rings (SSSR count). The Hall–Kier alpha value is -1.82. The van der Waals surface area contributed by atoms with Crippen LogP contribution in [0.4, 0.5) is 5.82 Å². The number of carbonyl (C=O) groups is 1. The van der Waals surface area contributed by atoms with Crippen LogP contribution in [0.3, 0.4) is 0 Å². The van der Waals surface area contributed by atoms with Gasteiger partial charge in [-0.25, -0.2) is 9.48 Å². The lowest BCUT2D eigenvalue weighted by Crippen LogP contribution is -2.39. The van der Waals surface area contributed by atoms with E-state index in [1.165, 1.54) is 0 Å². The Bertz CT molecular complexity index is 557. The van der Waals surface area contributed by atoms with E-state index in [0.717, 1.165) is 31.7 Å². The molecule has 0 amide bonds. The van der Waals surface area contributed by atoms with Crippen LogP contribution >= 0.6 is 0 Å². The number of aromatic nitrogens is 2. The van der Waals surface area contributed by atoms with Crippen LogP contribution in [0.25, 0.3) is 0 Å². The van der Waals surface area contributed by atoms with Gasteiger partial charge in [-0.3, -0.25) is 0 Å². The Balaban J connectivity index is 2.01. The molecule has 1 aliphatic heterocycles. The lowest BCUT2D eigenvalue weighted by Gasteiger charge is -2.35. The molecule has 6 heteroatoms. The van der Waals surface area contributed by atoms with Gasteiger partial charge in [-0.05, 0) is 40.0 Å². The van der Waals surface area contributed by atoms with Crippen LogP contribution in [-0.4, -0.2) is 46.4 Å². The molecule has 0 aromatic carbocycles. The van der Waals surface area contributed by atoms with E-state index in [-0.39, 0.29) is 5.97 Å². The fraction of sp³-hybridized carbons (Fsp3) is 0.667. The summed E-state index contributed by atoms with van der Waals surface area (Å²) in [4.78, 5) is 14.4. The second kappa shape index (κ2) is 8.87.